The minimum absolute atomic E-state index is 0.00117. The normalized spacial score (nSPS) is 35.7. The second-order valence-electron chi connectivity index (χ2n) is 22.1. The van der Waals surface area contributed by atoms with Crippen LogP contribution >= 0.6 is 0 Å². The number of hydrogen-bond donors (Lipinski definition) is 2. The molecule has 2 N–H and O–H groups in total. The molecule has 1 aliphatic heterocycles. The monoisotopic (exact) mass is 831 g/mol. The third-order valence-electron chi connectivity index (χ3n) is 17.7. The van der Waals surface area contributed by atoms with Crippen LogP contribution in [0.2, 0.25) is 0 Å². The molecule has 6 aliphatic rings. The molecule has 4 saturated carbocycles. The lowest BCUT2D eigenvalue weighted by Crippen LogP contribution is -2.65. The van der Waals surface area contributed by atoms with Gasteiger partial charge < -0.3 is 24.6 Å². The van der Waals surface area contributed by atoms with Gasteiger partial charge in [-0.3, -0.25) is 24.1 Å². The highest BCUT2D eigenvalue weighted by atomic mass is 16.5. The van der Waals surface area contributed by atoms with Gasteiger partial charge in [-0.25, -0.2) is 0 Å². The standard InChI is InChI=1S/C50H74N2O8/c1-31(2)41-42-33(43(44(41)56)35(53)29-51(28-32-13-11-10-12-14-32)30-39(54)52-23-25-59-26-24-52)17-21-49(8)34(42)15-16-37-48(7)20-19-38(60-40(55)27-46(3,4)45(57)58)47(5,6)36(48)18-22-50(37,49)9/h10-14,31,33-38,43,53H,15-30H2,1-9H3,(H,57,58)/t33?,34-,35+,36+,37-,38+,43-,48+,49-,50-/m1/s1. The van der Waals surface area contributed by atoms with Crippen LogP contribution in [-0.4, -0.2) is 95.2 Å². The Balaban J connectivity index is 1.11. The van der Waals surface area contributed by atoms with Crippen molar-refractivity contribution in [1.29, 1.82) is 0 Å². The van der Waals surface area contributed by atoms with E-state index in [0.717, 1.165) is 62.5 Å². The Kier molecular flexibility index (Phi) is 12.4. The number of rotatable bonds is 12. The Morgan fingerprint density at radius 3 is 2.23 bits per heavy atom. The van der Waals surface area contributed by atoms with Gasteiger partial charge in [0, 0.05) is 31.6 Å². The second kappa shape index (κ2) is 16.6. The van der Waals surface area contributed by atoms with E-state index in [1.807, 2.05) is 28.0 Å². The second-order valence-corrected chi connectivity index (χ2v) is 22.1. The number of ether oxygens (including phenoxy) is 2. The van der Waals surface area contributed by atoms with Crippen LogP contribution in [-0.2, 0) is 35.2 Å². The maximum atomic E-state index is 14.8. The maximum Gasteiger partial charge on any atom is 0.309 e. The minimum Gasteiger partial charge on any atom is -0.481 e. The third kappa shape index (κ3) is 7.71. The summed E-state index contributed by atoms with van der Waals surface area (Å²) in [4.78, 5) is 57.3. The smallest absolute Gasteiger partial charge is 0.309 e. The quantitative estimate of drug-likeness (QED) is 0.201. The number of amides is 1. The molecule has 10 atom stereocenters. The van der Waals surface area contributed by atoms with Gasteiger partial charge in [0.1, 0.15) is 6.10 Å². The number of Topliss-reactive ketones (excluding diaryl/α,β-unsaturated/α-hetero) is 1. The van der Waals surface area contributed by atoms with Crippen molar-refractivity contribution in [2.75, 3.05) is 39.4 Å². The van der Waals surface area contributed by atoms with Gasteiger partial charge in [0.2, 0.25) is 5.91 Å². The molecule has 1 unspecified atom stereocenters. The molecule has 1 aromatic carbocycles. The van der Waals surface area contributed by atoms with Crippen molar-refractivity contribution in [3.8, 4) is 0 Å². The van der Waals surface area contributed by atoms with Crippen LogP contribution in [0.3, 0.4) is 0 Å². The van der Waals surface area contributed by atoms with Crippen molar-refractivity contribution in [2.24, 2.45) is 62.6 Å². The van der Waals surface area contributed by atoms with Gasteiger partial charge in [0.15, 0.2) is 5.78 Å². The summed E-state index contributed by atoms with van der Waals surface area (Å²) in [7, 11) is 0. The number of carbonyl (C=O) groups excluding carboxylic acids is 3. The maximum absolute atomic E-state index is 14.8. The molecule has 60 heavy (non-hydrogen) atoms. The molecule has 0 bridgehead atoms. The van der Waals surface area contributed by atoms with E-state index in [1.54, 1.807) is 13.8 Å². The molecule has 7 rings (SSSR count). The van der Waals surface area contributed by atoms with Crippen molar-refractivity contribution in [3.05, 3.63) is 47.0 Å². The van der Waals surface area contributed by atoms with Crippen molar-refractivity contribution in [3.63, 3.8) is 0 Å². The van der Waals surface area contributed by atoms with Gasteiger partial charge in [0.25, 0.3) is 0 Å². The van der Waals surface area contributed by atoms with Crippen molar-refractivity contribution in [2.45, 2.75) is 139 Å². The third-order valence-corrected chi connectivity index (χ3v) is 17.7. The van der Waals surface area contributed by atoms with Crippen LogP contribution in [0.1, 0.15) is 126 Å². The Morgan fingerprint density at radius 1 is 0.917 bits per heavy atom. The molecule has 1 heterocycles. The summed E-state index contributed by atoms with van der Waals surface area (Å²) in [5.74, 6) is -0.654. The molecule has 10 nitrogen and oxygen atoms in total. The molecule has 0 aromatic heterocycles. The number of benzene rings is 1. The van der Waals surface area contributed by atoms with Gasteiger partial charge >= 0.3 is 11.9 Å². The van der Waals surface area contributed by atoms with Crippen LogP contribution in [0.25, 0.3) is 0 Å². The predicted molar refractivity (Wildman–Crippen MR) is 230 cm³/mol. The summed E-state index contributed by atoms with van der Waals surface area (Å²) in [6.45, 7) is 22.7. The van der Waals surface area contributed by atoms with E-state index < -0.39 is 29.4 Å². The number of allylic oxidation sites excluding steroid dienone is 2. The lowest BCUT2D eigenvalue weighted by atomic mass is 9.33. The lowest BCUT2D eigenvalue weighted by molar-refractivity contribution is -0.232. The van der Waals surface area contributed by atoms with E-state index in [2.05, 4.69) is 60.6 Å². The highest BCUT2D eigenvalue weighted by Crippen LogP contribution is 2.76. The first-order chi connectivity index (χ1) is 28.2. The largest absolute Gasteiger partial charge is 0.481 e. The summed E-state index contributed by atoms with van der Waals surface area (Å²) in [6, 6.07) is 10.1. The molecular formula is C50H74N2O8. The molecule has 1 aromatic rings. The number of carboxylic acids is 1. The van der Waals surface area contributed by atoms with Crippen LogP contribution < -0.4 is 0 Å². The van der Waals surface area contributed by atoms with E-state index in [4.69, 9.17) is 9.47 Å². The fraction of sp³-hybridized carbons (Fsp3) is 0.760. The SMILES string of the molecule is CC(C)C1=C2C(CC[C@]3(C)[C@@H]2CC[C@@H]2[C@@]4(C)CC[C@H](OC(=O)CC(C)(C)C(=O)O)C(C)(C)[C@@H]4CC[C@]23C)[C@H]([C@@H](O)CN(CC(=O)N2CCOCC2)Cc2ccccc2)C1=O. The number of esters is 1. The minimum atomic E-state index is -1.18. The highest BCUT2D eigenvalue weighted by molar-refractivity contribution is 6.02. The number of hydrogen-bond acceptors (Lipinski definition) is 8. The van der Waals surface area contributed by atoms with Gasteiger partial charge in [0.05, 0.1) is 43.6 Å². The molecule has 0 spiro atoms. The zero-order valence-electron chi connectivity index (χ0n) is 38.1. The van der Waals surface area contributed by atoms with Crippen LogP contribution in [0.4, 0.5) is 0 Å². The van der Waals surface area contributed by atoms with E-state index in [0.29, 0.717) is 44.7 Å². The zero-order chi connectivity index (χ0) is 43.6. The summed E-state index contributed by atoms with van der Waals surface area (Å²) in [6.07, 6.45) is 6.51. The average molecular weight is 831 g/mol. The number of fused-ring (bicyclic) bond motifs is 7. The molecule has 332 valence electrons. The van der Waals surface area contributed by atoms with Gasteiger partial charge in [-0.1, -0.05) is 84.4 Å². The number of carbonyl (C=O) groups is 4. The first-order valence-corrected chi connectivity index (χ1v) is 23.2. The van der Waals surface area contributed by atoms with Crippen LogP contribution in [0.5, 0.6) is 0 Å². The molecule has 1 amide bonds. The number of aliphatic hydroxyl groups is 1. The highest BCUT2D eigenvalue weighted by Gasteiger charge is 2.69. The number of aliphatic carboxylic acids is 1. The zero-order valence-corrected chi connectivity index (χ0v) is 38.1. The molecule has 5 aliphatic carbocycles. The number of nitrogens with zero attached hydrogens (tertiary/aromatic N) is 2. The molecule has 5 fully saturated rings. The van der Waals surface area contributed by atoms with Crippen LogP contribution in [0.15, 0.2) is 41.5 Å². The summed E-state index contributed by atoms with van der Waals surface area (Å²) in [5, 5.41) is 22.0. The topological polar surface area (TPSA) is 134 Å². The first kappa shape index (κ1) is 45.0. The number of ketones is 1. The summed E-state index contributed by atoms with van der Waals surface area (Å²) < 4.78 is 11.7. The average Bonchev–Trinajstić information content (AvgIpc) is 3.48. The molecule has 0 radical (unpaired) electrons. The molecular weight excluding hydrogens is 757 g/mol. The fourth-order valence-corrected chi connectivity index (χ4v) is 14.4. The molecule has 10 heteroatoms. The van der Waals surface area contributed by atoms with E-state index in [-0.39, 0.29) is 76.7 Å². The fourth-order valence-electron chi connectivity index (χ4n) is 14.4. The summed E-state index contributed by atoms with van der Waals surface area (Å²) in [5.41, 5.74) is 1.98. The Hall–Kier alpha value is -3.08. The Morgan fingerprint density at radius 2 is 1.58 bits per heavy atom. The van der Waals surface area contributed by atoms with Crippen molar-refractivity contribution >= 4 is 23.6 Å². The lowest BCUT2D eigenvalue weighted by Gasteiger charge is -2.71. The first-order valence-electron chi connectivity index (χ1n) is 23.2. The summed E-state index contributed by atoms with van der Waals surface area (Å²) >= 11 is 0. The van der Waals surface area contributed by atoms with Gasteiger partial charge in [-0.2, -0.15) is 0 Å². The Labute approximate surface area is 359 Å². The van der Waals surface area contributed by atoms with Gasteiger partial charge in [-0.15, -0.1) is 0 Å². The molecule has 1 saturated heterocycles. The van der Waals surface area contributed by atoms with Gasteiger partial charge in [-0.05, 0) is 122 Å². The number of carboxylic acid groups (broad SMARTS) is 1. The van der Waals surface area contributed by atoms with E-state index in [9.17, 15) is 29.4 Å². The van der Waals surface area contributed by atoms with E-state index >= 15 is 0 Å². The predicted octanol–water partition coefficient (Wildman–Crippen LogP) is 7.96. The van der Waals surface area contributed by atoms with Crippen molar-refractivity contribution in [1.82, 2.24) is 9.80 Å². The number of morpholine rings is 1. The van der Waals surface area contributed by atoms with Crippen molar-refractivity contribution < 1.29 is 38.9 Å². The Bertz CT molecular complexity index is 1830. The number of aliphatic hydroxyl groups excluding tert-OH is 1. The van der Waals surface area contributed by atoms with E-state index in [1.165, 1.54) is 5.57 Å². The van der Waals surface area contributed by atoms with Crippen LogP contribution in [0, 0.1) is 62.6 Å².